The number of nitrogens with zero attached hydrogens (tertiary/aromatic N) is 1. The molecule has 1 aliphatic heterocycles. The number of hydrogen-bond donors (Lipinski definition) is 1. The molecule has 7 nitrogen and oxygen atoms in total. The van der Waals surface area contributed by atoms with E-state index in [2.05, 4.69) is 5.32 Å². The van der Waals surface area contributed by atoms with E-state index in [4.69, 9.17) is 4.74 Å². The van der Waals surface area contributed by atoms with Crippen LogP contribution in [0.25, 0.3) is 0 Å². The predicted octanol–water partition coefficient (Wildman–Crippen LogP) is 1.22. The highest BCUT2D eigenvalue weighted by Crippen LogP contribution is 2.34. The first-order valence-corrected chi connectivity index (χ1v) is 10.2. The second-order valence-electron chi connectivity index (χ2n) is 6.79. The quantitative estimate of drug-likeness (QED) is 0.791. The Hall–Kier alpha value is -2.09. The maximum absolute atomic E-state index is 12.3. The third-order valence-corrected chi connectivity index (χ3v) is 5.67. The molecular weight excluding hydrogens is 344 g/mol. The molecule has 1 aliphatic carbocycles. The van der Waals surface area contributed by atoms with Crippen molar-refractivity contribution in [3.63, 3.8) is 0 Å². The average Bonchev–Trinajstić information content (AvgIpc) is 3.24. The van der Waals surface area contributed by atoms with Crippen LogP contribution < -0.4 is 9.62 Å². The summed E-state index contributed by atoms with van der Waals surface area (Å²) in [6.07, 6.45) is 2.76. The predicted molar refractivity (Wildman–Crippen MR) is 93.0 cm³/mol. The molecule has 136 valence electrons. The van der Waals surface area contributed by atoms with Crippen molar-refractivity contribution in [3.05, 3.63) is 29.3 Å². The van der Waals surface area contributed by atoms with Gasteiger partial charge in [-0.2, -0.15) is 0 Å². The number of rotatable bonds is 5. The molecule has 0 unspecified atom stereocenters. The van der Waals surface area contributed by atoms with E-state index in [-0.39, 0.29) is 18.0 Å². The molecule has 0 radical (unpaired) electrons. The van der Waals surface area contributed by atoms with Gasteiger partial charge in [-0.1, -0.05) is 0 Å². The zero-order valence-electron chi connectivity index (χ0n) is 14.5. The number of benzene rings is 1. The smallest absolute Gasteiger partial charge is 0.338 e. The zero-order chi connectivity index (χ0) is 18.4. The third-order valence-electron chi connectivity index (χ3n) is 4.40. The summed E-state index contributed by atoms with van der Waals surface area (Å²) in [7, 11) is -3.37. The average molecular weight is 366 g/mol. The molecule has 2 atom stereocenters. The Bertz CT molecular complexity index is 816. The number of fused-ring (bicyclic) bond motifs is 1. The molecule has 25 heavy (non-hydrogen) atoms. The number of carbonyl (C=O) groups excluding carboxylic acids is 2. The number of esters is 1. The number of anilines is 1. The SMILES string of the molecule is C[C@H](OC(=O)c1ccc2c(c1)C[C@@H](C)N2S(C)(=O)=O)C(=O)NC1CC1. The van der Waals surface area contributed by atoms with Crippen LogP contribution in [0.4, 0.5) is 5.69 Å². The molecule has 1 aromatic rings. The highest BCUT2D eigenvalue weighted by Gasteiger charge is 2.33. The molecule has 1 N–H and O–H groups in total. The van der Waals surface area contributed by atoms with Gasteiger partial charge in [0.15, 0.2) is 6.10 Å². The fourth-order valence-corrected chi connectivity index (χ4v) is 4.33. The number of amides is 1. The first-order valence-electron chi connectivity index (χ1n) is 8.30. The largest absolute Gasteiger partial charge is 0.449 e. The molecule has 0 bridgehead atoms. The second kappa shape index (κ2) is 6.33. The van der Waals surface area contributed by atoms with Crippen LogP contribution in [0.5, 0.6) is 0 Å². The normalized spacial score (nSPS) is 20.8. The minimum Gasteiger partial charge on any atom is -0.449 e. The zero-order valence-corrected chi connectivity index (χ0v) is 15.3. The van der Waals surface area contributed by atoms with Crippen molar-refractivity contribution in [2.24, 2.45) is 0 Å². The van der Waals surface area contributed by atoms with Gasteiger partial charge in [0.05, 0.1) is 17.5 Å². The van der Waals surface area contributed by atoms with E-state index in [0.29, 0.717) is 17.7 Å². The Morgan fingerprint density at radius 1 is 1.32 bits per heavy atom. The number of ether oxygens (including phenoxy) is 1. The van der Waals surface area contributed by atoms with Crippen molar-refractivity contribution in [1.82, 2.24) is 5.32 Å². The molecule has 0 aromatic heterocycles. The van der Waals surface area contributed by atoms with E-state index in [0.717, 1.165) is 18.4 Å². The lowest BCUT2D eigenvalue weighted by molar-refractivity contribution is -0.129. The van der Waals surface area contributed by atoms with E-state index in [1.165, 1.54) is 23.6 Å². The lowest BCUT2D eigenvalue weighted by Crippen LogP contribution is -2.37. The van der Waals surface area contributed by atoms with Crippen LogP contribution in [0.15, 0.2) is 18.2 Å². The first-order chi connectivity index (χ1) is 11.7. The van der Waals surface area contributed by atoms with E-state index in [1.807, 2.05) is 6.92 Å². The molecule has 1 saturated carbocycles. The Kier molecular flexibility index (Phi) is 4.49. The fourth-order valence-electron chi connectivity index (χ4n) is 3.06. The Morgan fingerprint density at radius 3 is 2.60 bits per heavy atom. The van der Waals surface area contributed by atoms with Crippen LogP contribution >= 0.6 is 0 Å². The molecular formula is C17H22N2O5S. The molecule has 0 saturated heterocycles. The summed E-state index contributed by atoms with van der Waals surface area (Å²) in [5.41, 5.74) is 1.68. The van der Waals surface area contributed by atoms with Gasteiger partial charge in [-0.15, -0.1) is 0 Å². The Morgan fingerprint density at radius 2 is 2.00 bits per heavy atom. The highest BCUT2D eigenvalue weighted by molar-refractivity contribution is 7.92. The summed E-state index contributed by atoms with van der Waals surface area (Å²) >= 11 is 0. The van der Waals surface area contributed by atoms with Gasteiger partial charge >= 0.3 is 5.97 Å². The second-order valence-corrected chi connectivity index (χ2v) is 8.65. The molecule has 8 heteroatoms. The van der Waals surface area contributed by atoms with Gasteiger partial charge in [-0.3, -0.25) is 9.10 Å². The van der Waals surface area contributed by atoms with Crippen molar-refractivity contribution in [1.29, 1.82) is 0 Å². The minimum atomic E-state index is -3.37. The van der Waals surface area contributed by atoms with Crippen LogP contribution in [0.1, 0.15) is 42.6 Å². The van der Waals surface area contributed by atoms with Crippen LogP contribution in [-0.2, 0) is 26.0 Å². The molecule has 0 spiro atoms. The third kappa shape index (κ3) is 3.78. The van der Waals surface area contributed by atoms with Crippen molar-refractivity contribution < 1.29 is 22.7 Å². The van der Waals surface area contributed by atoms with Gasteiger partial charge in [-0.05, 0) is 56.9 Å². The molecule has 1 heterocycles. The number of hydrogen-bond acceptors (Lipinski definition) is 5. The minimum absolute atomic E-state index is 0.195. The van der Waals surface area contributed by atoms with Gasteiger partial charge < -0.3 is 10.1 Å². The van der Waals surface area contributed by atoms with Gasteiger partial charge in [0.25, 0.3) is 5.91 Å². The summed E-state index contributed by atoms with van der Waals surface area (Å²) in [5, 5.41) is 2.79. The van der Waals surface area contributed by atoms with Crippen LogP contribution in [0.2, 0.25) is 0 Å². The first kappa shape index (κ1) is 17.7. The molecule has 1 amide bonds. The van der Waals surface area contributed by atoms with Crippen molar-refractivity contribution in [2.75, 3.05) is 10.6 Å². The van der Waals surface area contributed by atoms with Crippen molar-refractivity contribution in [3.8, 4) is 0 Å². The number of nitrogens with one attached hydrogen (secondary N) is 1. The summed E-state index contributed by atoms with van der Waals surface area (Å²) in [6, 6.07) is 4.80. The van der Waals surface area contributed by atoms with Crippen molar-refractivity contribution in [2.45, 2.75) is 51.3 Å². The van der Waals surface area contributed by atoms with Crippen LogP contribution in [0, 0.1) is 0 Å². The van der Waals surface area contributed by atoms with Gasteiger partial charge in [-0.25, -0.2) is 13.2 Å². The molecule has 2 aliphatic rings. The lowest BCUT2D eigenvalue weighted by Gasteiger charge is -2.22. The molecule has 1 aromatic carbocycles. The Labute approximate surface area is 147 Å². The summed E-state index contributed by atoms with van der Waals surface area (Å²) in [5.74, 6) is -0.888. The fraction of sp³-hybridized carbons (Fsp3) is 0.529. The van der Waals surface area contributed by atoms with E-state index >= 15 is 0 Å². The van der Waals surface area contributed by atoms with Gasteiger partial charge in [0, 0.05) is 12.1 Å². The topological polar surface area (TPSA) is 92.8 Å². The standard InChI is InChI=1S/C17H22N2O5S/c1-10-8-13-9-12(4-7-15(13)19(10)25(3,22)23)17(21)24-11(2)16(20)18-14-5-6-14/h4,7,9-11,14H,5-6,8H2,1-3H3,(H,18,20)/t10-,11+/m1/s1. The van der Waals surface area contributed by atoms with Gasteiger partial charge in [0.2, 0.25) is 10.0 Å². The van der Waals surface area contributed by atoms with Crippen LogP contribution in [0.3, 0.4) is 0 Å². The molecule has 3 rings (SSSR count). The maximum atomic E-state index is 12.3. The summed E-state index contributed by atoms with van der Waals surface area (Å²) in [4.78, 5) is 24.2. The van der Waals surface area contributed by atoms with E-state index < -0.39 is 22.1 Å². The number of carbonyl (C=O) groups is 2. The van der Waals surface area contributed by atoms with Gasteiger partial charge in [0.1, 0.15) is 0 Å². The Balaban J connectivity index is 1.73. The van der Waals surface area contributed by atoms with Crippen LogP contribution in [-0.4, -0.2) is 44.7 Å². The summed E-state index contributed by atoms with van der Waals surface area (Å²) < 4.78 is 30.4. The number of sulfonamides is 1. The lowest BCUT2D eigenvalue weighted by atomic mass is 10.1. The van der Waals surface area contributed by atoms with E-state index in [1.54, 1.807) is 12.1 Å². The van der Waals surface area contributed by atoms with E-state index in [9.17, 15) is 18.0 Å². The molecule has 1 fully saturated rings. The van der Waals surface area contributed by atoms with Crippen molar-refractivity contribution >= 4 is 27.6 Å². The monoisotopic (exact) mass is 366 g/mol. The highest BCUT2D eigenvalue weighted by atomic mass is 32.2. The summed E-state index contributed by atoms with van der Waals surface area (Å²) in [6.45, 7) is 3.36. The maximum Gasteiger partial charge on any atom is 0.338 e.